The monoisotopic (exact) mass is 332 g/mol. The first-order valence-electron chi connectivity index (χ1n) is 7.65. The molecule has 0 saturated heterocycles. The number of carbonyl (C=O) groups is 1. The third-order valence-electron chi connectivity index (χ3n) is 4.04. The molecule has 3 aromatic rings. The normalized spacial score (nSPS) is 11.3. The lowest BCUT2D eigenvalue weighted by atomic mass is 9.99. The lowest BCUT2D eigenvalue weighted by Gasteiger charge is -2.04. The van der Waals surface area contributed by atoms with Gasteiger partial charge in [-0.1, -0.05) is 18.2 Å². The molecule has 5 nitrogen and oxygen atoms in total. The van der Waals surface area contributed by atoms with E-state index in [0.29, 0.717) is 16.9 Å². The van der Waals surface area contributed by atoms with Gasteiger partial charge in [0.15, 0.2) is 11.5 Å². The standard InChI is InChI=1S/C20H16N2O3/c1-12-4-3-5-16-19(12)15(11-22-16)20(24)14(10-21)8-13-6-7-18(25-2)17(23)9-13/h3-9,11,22-23H,1-2H3/b14-8+. The second-order valence-corrected chi connectivity index (χ2v) is 5.63. The number of benzene rings is 2. The predicted octanol–water partition coefficient (Wildman–Crippen LogP) is 3.98. The number of fused-ring (bicyclic) bond motifs is 1. The number of rotatable bonds is 4. The smallest absolute Gasteiger partial charge is 0.205 e. The summed E-state index contributed by atoms with van der Waals surface area (Å²) in [7, 11) is 1.45. The average Bonchev–Trinajstić information content (AvgIpc) is 3.05. The Morgan fingerprint density at radius 2 is 2.12 bits per heavy atom. The first-order chi connectivity index (χ1) is 12.0. The van der Waals surface area contributed by atoms with Crippen LogP contribution in [-0.4, -0.2) is 23.0 Å². The number of aromatic nitrogens is 1. The van der Waals surface area contributed by atoms with Crippen LogP contribution in [0, 0.1) is 18.3 Å². The van der Waals surface area contributed by atoms with Crippen LogP contribution >= 0.6 is 0 Å². The molecule has 1 aromatic heterocycles. The number of H-pyrrole nitrogens is 1. The van der Waals surface area contributed by atoms with Crippen LogP contribution in [0.4, 0.5) is 0 Å². The summed E-state index contributed by atoms with van der Waals surface area (Å²) in [5.74, 6) is -0.0866. The molecule has 0 amide bonds. The molecule has 0 radical (unpaired) electrons. The number of aromatic hydroxyl groups is 1. The Hall–Kier alpha value is -3.52. The van der Waals surface area contributed by atoms with Gasteiger partial charge in [-0.15, -0.1) is 0 Å². The molecule has 0 bridgehead atoms. The predicted molar refractivity (Wildman–Crippen MR) is 95.6 cm³/mol. The number of methoxy groups -OCH3 is 1. The van der Waals surface area contributed by atoms with Crippen molar-refractivity contribution in [2.75, 3.05) is 7.11 Å². The third kappa shape index (κ3) is 2.98. The summed E-state index contributed by atoms with van der Waals surface area (Å²) in [6, 6.07) is 12.4. The van der Waals surface area contributed by atoms with Gasteiger partial charge in [-0.3, -0.25) is 4.79 Å². The van der Waals surface area contributed by atoms with Gasteiger partial charge in [-0.2, -0.15) is 5.26 Å². The van der Waals surface area contributed by atoms with Gasteiger partial charge in [0, 0.05) is 22.7 Å². The van der Waals surface area contributed by atoms with E-state index >= 15 is 0 Å². The van der Waals surface area contributed by atoms with Gasteiger partial charge in [0.1, 0.15) is 11.6 Å². The number of nitrogens with one attached hydrogen (secondary N) is 1. The van der Waals surface area contributed by atoms with Crippen molar-refractivity contribution in [2.45, 2.75) is 6.92 Å². The number of allylic oxidation sites excluding steroid dienone is 1. The zero-order valence-corrected chi connectivity index (χ0v) is 13.8. The van der Waals surface area contributed by atoms with Crippen molar-refractivity contribution in [1.29, 1.82) is 5.26 Å². The number of hydrogen-bond acceptors (Lipinski definition) is 4. The minimum atomic E-state index is -0.363. The Balaban J connectivity index is 2.04. The molecule has 3 rings (SSSR count). The van der Waals surface area contributed by atoms with Crippen molar-refractivity contribution in [3.8, 4) is 17.6 Å². The van der Waals surface area contributed by atoms with Gasteiger partial charge < -0.3 is 14.8 Å². The van der Waals surface area contributed by atoms with E-state index < -0.39 is 0 Å². The van der Waals surface area contributed by atoms with Crippen molar-refractivity contribution in [3.05, 3.63) is 64.9 Å². The van der Waals surface area contributed by atoms with Crippen molar-refractivity contribution in [1.82, 2.24) is 4.98 Å². The van der Waals surface area contributed by atoms with Crippen molar-refractivity contribution >= 4 is 22.8 Å². The van der Waals surface area contributed by atoms with E-state index in [9.17, 15) is 15.2 Å². The molecule has 0 unspecified atom stereocenters. The van der Waals surface area contributed by atoms with Gasteiger partial charge in [-0.05, 0) is 42.3 Å². The van der Waals surface area contributed by atoms with E-state index in [0.717, 1.165) is 16.5 Å². The molecule has 2 N–H and O–H groups in total. The summed E-state index contributed by atoms with van der Waals surface area (Å²) in [6.07, 6.45) is 3.08. The van der Waals surface area contributed by atoms with Crippen LogP contribution < -0.4 is 4.74 Å². The zero-order chi connectivity index (χ0) is 18.0. The van der Waals surface area contributed by atoms with Crippen LogP contribution in [0.25, 0.3) is 17.0 Å². The lowest BCUT2D eigenvalue weighted by Crippen LogP contribution is -2.01. The van der Waals surface area contributed by atoms with E-state index in [-0.39, 0.29) is 17.1 Å². The van der Waals surface area contributed by atoms with Gasteiger partial charge in [-0.25, -0.2) is 0 Å². The molecule has 1 heterocycles. The number of ketones is 1. The van der Waals surface area contributed by atoms with E-state index in [4.69, 9.17) is 4.74 Å². The van der Waals surface area contributed by atoms with Gasteiger partial charge in [0.25, 0.3) is 0 Å². The molecular weight excluding hydrogens is 316 g/mol. The van der Waals surface area contributed by atoms with Gasteiger partial charge in [0.2, 0.25) is 5.78 Å². The Kier molecular flexibility index (Phi) is 4.27. The zero-order valence-electron chi connectivity index (χ0n) is 13.8. The lowest BCUT2D eigenvalue weighted by molar-refractivity contribution is 0.104. The molecule has 124 valence electrons. The highest BCUT2D eigenvalue weighted by atomic mass is 16.5. The molecule has 0 aliphatic heterocycles. The fourth-order valence-corrected chi connectivity index (χ4v) is 2.80. The first-order valence-corrected chi connectivity index (χ1v) is 7.65. The van der Waals surface area contributed by atoms with E-state index in [1.165, 1.54) is 19.3 Å². The van der Waals surface area contributed by atoms with Crippen LogP contribution in [0.5, 0.6) is 11.5 Å². The molecule has 0 spiro atoms. The Morgan fingerprint density at radius 3 is 2.80 bits per heavy atom. The molecule has 0 atom stereocenters. The summed E-state index contributed by atoms with van der Waals surface area (Å²) in [6.45, 7) is 1.92. The Labute approximate surface area is 144 Å². The van der Waals surface area contributed by atoms with E-state index in [1.807, 2.05) is 31.2 Å². The summed E-state index contributed by atoms with van der Waals surface area (Å²) >= 11 is 0. The Bertz CT molecular complexity index is 1040. The maximum absolute atomic E-state index is 12.8. The summed E-state index contributed by atoms with van der Waals surface area (Å²) in [4.78, 5) is 15.9. The highest BCUT2D eigenvalue weighted by molar-refractivity contribution is 6.20. The number of phenols is 1. The van der Waals surface area contributed by atoms with Crippen LogP contribution in [0.15, 0.2) is 48.2 Å². The average molecular weight is 332 g/mol. The highest BCUT2D eigenvalue weighted by Gasteiger charge is 2.18. The first kappa shape index (κ1) is 16.3. The van der Waals surface area contributed by atoms with Gasteiger partial charge in [0.05, 0.1) is 7.11 Å². The number of carbonyl (C=O) groups excluding carboxylic acids is 1. The summed E-state index contributed by atoms with van der Waals surface area (Å²) in [5, 5.41) is 20.1. The van der Waals surface area contributed by atoms with Crippen molar-refractivity contribution in [2.24, 2.45) is 0 Å². The molecule has 0 saturated carbocycles. The van der Waals surface area contributed by atoms with E-state index in [2.05, 4.69) is 4.98 Å². The van der Waals surface area contributed by atoms with Crippen molar-refractivity contribution < 1.29 is 14.6 Å². The number of aromatic amines is 1. The van der Waals surface area contributed by atoms with Crippen LogP contribution in [0.2, 0.25) is 0 Å². The second-order valence-electron chi connectivity index (χ2n) is 5.63. The molecule has 0 aliphatic rings. The maximum atomic E-state index is 12.8. The number of nitrogens with zero attached hydrogens (tertiary/aromatic N) is 1. The largest absolute Gasteiger partial charge is 0.504 e. The number of Topliss-reactive ketones (excluding diaryl/α,β-unsaturated/α-hetero) is 1. The third-order valence-corrected chi connectivity index (χ3v) is 4.04. The number of ether oxygens (including phenoxy) is 1. The second kappa shape index (κ2) is 6.54. The molecule has 0 fully saturated rings. The molecule has 0 aliphatic carbocycles. The van der Waals surface area contributed by atoms with Gasteiger partial charge >= 0.3 is 0 Å². The topological polar surface area (TPSA) is 86.1 Å². The number of phenolic OH excluding ortho intramolecular Hbond substituents is 1. The quantitative estimate of drug-likeness (QED) is 0.430. The molecular formula is C20H16N2O3. The minimum absolute atomic E-state index is 0.00581. The number of nitriles is 1. The van der Waals surface area contributed by atoms with Crippen LogP contribution in [-0.2, 0) is 0 Å². The maximum Gasteiger partial charge on any atom is 0.205 e. The minimum Gasteiger partial charge on any atom is -0.504 e. The summed E-state index contributed by atoms with van der Waals surface area (Å²) in [5.41, 5.74) is 2.80. The fraction of sp³-hybridized carbons (Fsp3) is 0.100. The van der Waals surface area contributed by atoms with Crippen LogP contribution in [0.3, 0.4) is 0 Å². The molecule has 5 heteroatoms. The molecule has 25 heavy (non-hydrogen) atoms. The fourth-order valence-electron chi connectivity index (χ4n) is 2.80. The summed E-state index contributed by atoms with van der Waals surface area (Å²) < 4.78 is 4.99. The van der Waals surface area contributed by atoms with E-state index in [1.54, 1.807) is 18.3 Å². The molecule has 2 aromatic carbocycles. The SMILES string of the molecule is COc1ccc(/C=C(\C#N)C(=O)c2c[nH]c3cccc(C)c23)cc1O. The number of hydrogen-bond donors (Lipinski definition) is 2. The highest BCUT2D eigenvalue weighted by Crippen LogP contribution is 2.28. The number of aryl methyl sites for hydroxylation is 1. The Morgan fingerprint density at radius 1 is 1.32 bits per heavy atom. The van der Waals surface area contributed by atoms with Crippen molar-refractivity contribution in [3.63, 3.8) is 0 Å². The van der Waals surface area contributed by atoms with Crippen LogP contribution in [0.1, 0.15) is 21.5 Å².